The molecule has 0 aliphatic rings. The van der Waals surface area contributed by atoms with Gasteiger partial charge in [-0.1, -0.05) is 32.8 Å². The minimum absolute atomic E-state index is 0.394. The van der Waals surface area contributed by atoms with Crippen molar-refractivity contribution in [2.75, 3.05) is 13.7 Å². The fourth-order valence-corrected chi connectivity index (χ4v) is 0.747. The lowest BCUT2D eigenvalue weighted by Gasteiger charge is -1.90. The fraction of sp³-hybridized carbons (Fsp3) is 0.636. The van der Waals surface area contributed by atoms with Crippen molar-refractivity contribution >= 4 is 12.0 Å². The molecule has 0 aromatic carbocycles. The second kappa shape index (κ2) is 15.1. The number of hydrogen-bond acceptors (Lipinski definition) is 4. The number of ether oxygens (including phenoxy) is 1. The summed E-state index contributed by atoms with van der Waals surface area (Å²) in [5, 5.41) is 0. The van der Waals surface area contributed by atoms with Crippen LogP contribution in [0.1, 0.15) is 32.6 Å². The molecule has 0 rings (SSSR count). The molecule has 0 aromatic heterocycles. The zero-order valence-corrected chi connectivity index (χ0v) is 9.49. The monoisotopic (exact) mass is 213 g/mol. The lowest BCUT2D eigenvalue weighted by molar-refractivity contribution is -0.134. The molecule has 0 bridgehead atoms. The van der Waals surface area contributed by atoms with Gasteiger partial charge in [-0.25, -0.2) is 14.6 Å². The van der Waals surface area contributed by atoms with Gasteiger partial charge in [0.25, 0.3) is 0 Å². The van der Waals surface area contributed by atoms with Crippen molar-refractivity contribution in [3.05, 3.63) is 12.7 Å². The Bertz CT molecular complexity index is 208. The van der Waals surface area contributed by atoms with Gasteiger partial charge in [0.2, 0.25) is 6.08 Å². The molecule has 0 N–H and O–H groups in total. The first-order chi connectivity index (χ1) is 7.22. The van der Waals surface area contributed by atoms with Crippen LogP contribution in [0.15, 0.2) is 17.6 Å². The van der Waals surface area contributed by atoms with Crippen molar-refractivity contribution in [2.24, 2.45) is 4.99 Å². The van der Waals surface area contributed by atoms with Gasteiger partial charge in [0.15, 0.2) is 0 Å². The normalized spacial score (nSPS) is 7.87. The zero-order chi connectivity index (χ0) is 11.9. The number of methoxy groups -OCH3 is 1. The van der Waals surface area contributed by atoms with E-state index in [-0.39, 0.29) is 0 Å². The number of carbonyl (C=O) groups is 1. The number of nitrogens with zero attached hydrogens (tertiary/aromatic N) is 1. The van der Waals surface area contributed by atoms with Crippen LogP contribution < -0.4 is 0 Å². The maximum Gasteiger partial charge on any atom is 0.329 e. The van der Waals surface area contributed by atoms with Gasteiger partial charge in [-0.3, -0.25) is 0 Å². The standard InChI is InChI=1S/C7H13NO.C4H6O2/c1-2-3-4-5-6-8-7-9;1-3-4(5)6-2/h2-6H2,1H3;3H,1H2,2H3. The van der Waals surface area contributed by atoms with E-state index in [9.17, 15) is 9.59 Å². The Kier molecular flexibility index (Phi) is 16.1. The summed E-state index contributed by atoms with van der Waals surface area (Å²) >= 11 is 0. The molecule has 0 saturated heterocycles. The van der Waals surface area contributed by atoms with E-state index in [1.165, 1.54) is 32.5 Å². The molecular weight excluding hydrogens is 194 g/mol. The van der Waals surface area contributed by atoms with Gasteiger partial charge in [-0.15, -0.1) is 0 Å². The average molecular weight is 213 g/mol. The zero-order valence-electron chi connectivity index (χ0n) is 9.49. The third-order valence-corrected chi connectivity index (χ3v) is 1.56. The van der Waals surface area contributed by atoms with Gasteiger partial charge >= 0.3 is 5.97 Å². The number of carbonyl (C=O) groups excluding carboxylic acids is 2. The Morgan fingerprint density at radius 1 is 1.47 bits per heavy atom. The molecule has 0 fully saturated rings. The fourth-order valence-electron chi connectivity index (χ4n) is 0.747. The molecule has 0 saturated carbocycles. The van der Waals surface area contributed by atoms with Crippen LogP contribution in [0.3, 0.4) is 0 Å². The van der Waals surface area contributed by atoms with Crippen LogP contribution in [0.5, 0.6) is 0 Å². The van der Waals surface area contributed by atoms with Crippen LogP contribution in [-0.4, -0.2) is 25.7 Å². The van der Waals surface area contributed by atoms with Gasteiger partial charge < -0.3 is 4.74 Å². The van der Waals surface area contributed by atoms with Crippen LogP contribution >= 0.6 is 0 Å². The quantitative estimate of drug-likeness (QED) is 0.223. The maximum atomic E-state index is 9.84. The Morgan fingerprint density at radius 2 is 2.13 bits per heavy atom. The number of esters is 1. The van der Waals surface area contributed by atoms with E-state index in [0.29, 0.717) is 6.54 Å². The van der Waals surface area contributed by atoms with Crippen LogP contribution in [0, 0.1) is 0 Å². The number of rotatable bonds is 6. The summed E-state index contributed by atoms with van der Waals surface area (Å²) in [6.07, 6.45) is 7.32. The van der Waals surface area contributed by atoms with Crippen molar-refractivity contribution in [3.8, 4) is 0 Å². The summed E-state index contributed by atoms with van der Waals surface area (Å²) in [7, 11) is 1.31. The SMILES string of the molecule is C=CC(=O)OC.CCCCCCN=C=O. The first kappa shape index (κ1) is 16.0. The second-order valence-corrected chi connectivity index (χ2v) is 2.76. The van der Waals surface area contributed by atoms with E-state index in [1.807, 2.05) is 0 Å². The van der Waals surface area contributed by atoms with E-state index in [2.05, 4.69) is 23.2 Å². The van der Waals surface area contributed by atoms with Gasteiger partial charge in [-0.05, 0) is 6.42 Å². The molecule has 0 aliphatic heterocycles. The summed E-state index contributed by atoms with van der Waals surface area (Å²) in [6, 6.07) is 0. The minimum atomic E-state index is -0.394. The second-order valence-electron chi connectivity index (χ2n) is 2.76. The smallest absolute Gasteiger partial charge is 0.329 e. The van der Waals surface area contributed by atoms with Crippen LogP contribution in [0.2, 0.25) is 0 Å². The lowest BCUT2D eigenvalue weighted by atomic mass is 10.2. The highest BCUT2D eigenvalue weighted by molar-refractivity contribution is 5.80. The molecule has 4 nitrogen and oxygen atoms in total. The average Bonchev–Trinajstić information content (AvgIpc) is 2.29. The summed E-state index contributed by atoms with van der Waals surface area (Å²) in [4.78, 5) is 22.8. The molecule has 15 heavy (non-hydrogen) atoms. The van der Waals surface area contributed by atoms with Gasteiger partial charge in [0, 0.05) is 6.08 Å². The molecule has 4 heteroatoms. The maximum absolute atomic E-state index is 9.84. The van der Waals surface area contributed by atoms with E-state index in [4.69, 9.17) is 0 Å². The summed E-state index contributed by atoms with van der Waals surface area (Å²) in [5.74, 6) is -0.394. The topological polar surface area (TPSA) is 55.7 Å². The molecule has 0 atom stereocenters. The van der Waals surface area contributed by atoms with Crippen molar-refractivity contribution < 1.29 is 14.3 Å². The molecular formula is C11H19NO3. The molecule has 86 valence electrons. The van der Waals surface area contributed by atoms with Crippen LogP contribution in [0.25, 0.3) is 0 Å². The molecule has 0 heterocycles. The summed E-state index contributed by atoms with van der Waals surface area (Å²) in [5.41, 5.74) is 0. The number of isocyanates is 1. The summed E-state index contributed by atoms with van der Waals surface area (Å²) < 4.78 is 4.14. The van der Waals surface area contributed by atoms with E-state index in [1.54, 1.807) is 0 Å². The van der Waals surface area contributed by atoms with Crippen molar-refractivity contribution in [1.29, 1.82) is 0 Å². The highest BCUT2D eigenvalue weighted by Crippen LogP contribution is 1.97. The van der Waals surface area contributed by atoms with Crippen molar-refractivity contribution in [3.63, 3.8) is 0 Å². The molecule has 0 radical (unpaired) electrons. The molecule has 0 aliphatic carbocycles. The number of unbranched alkanes of at least 4 members (excludes halogenated alkanes) is 3. The van der Waals surface area contributed by atoms with Crippen molar-refractivity contribution in [1.82, 2.24) is 0 Å². The Labute approximate surface area is 91.0 Å². The van der Waals surface area contributed by atoms with Crippen LogP contribution in [0.4, 0.5) is 0 Å². The number of hydrogen-bond donors (Lipinski definition) is 0. The predicted molar refractivity (Wildman–Crippen MR) is 59.3 cm³/mol. The van der Waals surface area contributed by atoms with Gasteiger partial charge in [-0.2, -0.15) is 0 Å². The minimum Gasteiger partial charge on any atom is -0.466 e. The molecule has 0 amide bonds. The molecule has 0 spiro atoms. The highest BCUT2D eigenvalue weighted by Gasteiger charge is 1.83. The predicted octanol–water partition coefficient (Wildman–Crippen LogP) is 2.25. The number of aliphatic imine (C=N–C) groups is 1. The largest absolute Gasteiger partial charge is 0.466 e. The van der Waals surface area contributed by atoms with Crippen LogP contribution in [-0.2, 0) is 14.3 Å². The third-order valence-electron chi connectivity index (χ3n) is 1.56. The van der Waals surface area contributed by atoms with Gasteiger partial charge in [0.05, 0.1) is 13.7 Å². The van der Waals surface area contributed by atoms with E-state index < -0.39 is 5.97 Å². The highest BCUT2D eigenvalue weighted by atomic mass is 16.5. The first-order valence-corrected chi connectivity index (χ1v) is 4.96. The molecule has 0 unspecified atom stereocenters. The third kappa shape index (κ3) is 19.1. The lowest BCUT2D eigenvalue weighted by Crippen LogP contribution is -1.91. The summed E-state index contributed by atoms with van der Waals surface area (Å²) in [6.45, 7) is 5.97. The Morgan fingerprint density at radius 3 is 2.47 bits per heavy atom. The Balaban J connectivity index is 0. The van der Waals surface area contributed by atoms with Gasteiger partial charge in [0.1, 0.15) is 0 Å². The van der Waals surface area contributed by atoms with Crippen molar-refractivity contribution in [2.45, 2.75) is 32.6 Å². The van der Waals surface area contributed by atoms with E-state index >= 15 is 0 Å². The van der Waals surface area contributed by atoms with E-state index in [0.717, 1.165) is 12.5 Å². The first-order valence-electron chi connectivity index (χ1n) is 4.96. The molecule has 0 aromatic rings. The Hall–Kier alpha value is -1.41.